The van der Waals surface area contributed by atoms with E-state index in [0.717, 1.165) is 12.8 Å². The number of carbonyl (C=O) groups excluding carboxylic acids is 1. The molecule has 13 heavy (non-hydrogen) atoms. The molecule has 0 atom stereocenters. The van der Waals surface area contributed by atoms with Gasteiger partial charge in [0.15, 0.2) is 0 Å². The molecule has 1 saturated carbocycles. The third-order valence-electron chi connectivity index (χ3n) is 1.58. The van der Waals surface area contributed by atoms with E-state index in [4.69, 9.17) is 16.2 Å². The zero-order valence-corrected chi connectivity index (χ0v) is 8.51. The molecule has 4 heteroatoms. The maximum atomic E-state index is 10.5. The lowest BCUT2D eigenvalue weighted by molar-refractivity contribution is -0.142. The van der Waals surface area contributed by atoms with Crippen molar-refractivity contribution < 1.29 is 9.53 Å². The summed E-state index contributed by atoms with van der Waals surface area (Å²) in [6.45, 7) is 4.51. The smallest absolute Gasteiger partial charge is 0.319 e. The number of esters is 1. The Balaban J connectivity index is 0.000000424. The van der Waals surface area contributed by atoms with Gasteiger partial charge >= 0.3 is 5.97 Å². The molecule has 0 heterocycles. The molecular formula is C9H20N2O2. The highest BCUT2D eigenvalue weighted by molar-refractivity contribution is 5.71. The molecule has 1 fully saturated rings. The van der Waals surface area contributed by atoms with E-state index in [2.05, 4.69) is 13.8 Å². The SMILES string of the molecule is CCC.NCC(=O)OCC1(N)CC1. The monoisotopic (exact) mass is 188 g/mol. The van der Waals surface area contributed by atoms with E-state index in [9.17, 15) is 4.79 Å². The Hall–Kier alpha value is -0.610. The van der Waals surface area contributed by atoms with Gasteiger partial charge in [-0.2, -0.15) is 0 Å². The summed E-state index contributed by atoms with van der Waals surface area (Å²) in [6, 6.07) is 0. The van der Waals surface area contributed by atoms with Crippen molar-refractivity contribution in [3.8, 4) is 0 Å². The maximum Gasteiger partial charge on any atom is 0.319 e. The number of hydrogen-bond donors (Lipinski definition) is 2. The van der Waals surface area contributed by atoms with Crippen molar-refractivity contribution in [1.82, 2.24) is 0 Å². The fourth-order valence-electron chi connectivity index (χ4n) is 0.588. The van der Waals surface area contributed by atoms with Gasteiger partial charge in [-0.25, -0.2) is 0 Å². The minimum Gasteiger partial charge on any atom is -0.463 e. The van der Waals surface area contributed by atoms with Crippen LogP contribution in [-0.2, 0) is 9.53 Å². The molecule has 4 N–H and O–H groups in total. The third kappa shape index (κ3) is 6.54. The molecule has 0 amide bonds. The summed E-state index contributed by atoms with van der Waals surface area (Å²) in [5.41, 5.74) is 10.4. The van der Waals surface area contributed by atoms with Crippen molar-refractivity contribution in [1.29, 1.82) is 0 Å². The molecular weight excluding hydrogens is 168 g/mol. The Morgan fingerprint density at radius 3 is 2.23 bits per heavy atom. The van der Waals surface area contributed by atoms with Crippen LogP contribution in [0.25, 0.3) is 0 Å². The van der Waals surface area contributed by atoms with Crippen LogP contribution in [0.3, 0.4) is 0 Å². The molecule has 78 valence electrons. The van der Waals surface area contributed by atoms with Crippen molar-refractivity contribution in [3.63, 3.8) is 0 Å². The first-order valence-electron chi connectivity index (χ1n) is 4.72. The van der Waals surface area contributed by atoms with Crippen LogP contribution in [0.5, 0.6) is 0 Å². The molecule has 0 saturated heterocycles. The molecule has 1 rings (SSSR count). The van der Waals surface area contributed by atoms with Gasteiger partial charge in [0.2, 0.25) is 0 Å². The van der Waals surface area contributed by atoms with Gasteiger partial charge in [0.25, 0.3) is 0 Å². The molecule has 0 unspecified atom stereocenters. The van der Waals surface area contributed by atoms with E-state index in [0.29, 0.717) is 6.61 Å². The molecule has 0 bridgehead atoms. The Bertz CT molecular complexity index is 156. The van der Waals surface area contributed by atoms with Gasteiger partial charge in [-0.05, 0) is 12.8 Å². The highest BCUT2D eigenvalue weighted by Gasteiger charge is 2.39. The predicted octanol–water partition coefficient (Wildman–Crippen LogP) is 0.396. The predicted molar refractivity (Wildman–Crippen MR) is 52.1 cm³/mol. The number of carbonyl (C=O) groups is 1. The van der Waals surface area contributed by atoms with Crippen LogP contribution in [0.2, 0.25) is 0 Å². The molecule has 0 aromatic carbocycles. The van der Waals surface area contributed by atoms with Gasteiger partial charge in [-0.3, -0.25) is 4.79 Å². The minimum absolute atomic E-state index is 0.0594. The molecule has 4 nitrogen and oxygen atoms in total. The van der Waals surface area contributed by atoms with Crippen LogP contribution in [-0.4, -0.2) is 24.7 Å². The van der Waals surface area contributed by atoms with Gasteiger partial charge < -0.3 is 16.2 Å². The maximum absolute atomic E-state index is 10.5. The fourth-order valence-corrected chi connectivity index (χ4v) is 0.588. The Labute approximate surface area is 79.6 Å². The minimum atomic E-state index is -0.378. The van der Waals surface area contributed by atoms with Gasteiger partial charge in [0, 0.05) is 0 Å². The molecule has 0 spiro atoms. The molecule has 0 aromatic rings. The summed E-state index contributed by atoms with van der Waals surface area (Å²) < 4.78 is 4.73. The summed E-state index contributed by atoms with van der Waals surface area (Å²) in [5.74, 6) is -0.378. The second kappa shape index (κ2) is 5.94. The number of ether oxygens (including phenoxy) is 1. The highest BCUT2D eigenvalue weighted by Crippen LogP contribution is 2.31. The van der Waals surface area contributed by atoms with Crippen molar-refractivity contribution in [2.45, 2.75) is 38.6 Å². The number of nitrogens with two attached hydrogens (primary N) is 2. The largest absolute Gasteiger partial charge is 0.463 e. The van der Waals surface area contributed by atoms with Crippen LogP contribution >= 0.6 is 0 Å². The summed E-state index contributed by atoms with van der Waals surface area (Å²) >= 11 is 0. The fraction of sp³-hybridized carbons (Fsp3) is 0.889. The van der Waals surface area contributed by atoms with Gasteiger partial charge in [-0.15, -0.1) is 0 Å². The van der Waals surface area contributed by atoms with Gasteiger partial charge in [0.05, 0.1) is 12.1 Å². The van der Waals surface area contributed by atoms with E-state index in [1.54, 1.807) is 0 Å². The first-order valence-corrected chi connectivity index (χ1v) is 4.72. The standard InChI is InChI=1S/C6H12N2O2.C3H8/c7-3-5(9)10-4-6(8)1-2-6;1-3-2/h1-4,7-8H2;3H2,1-2H3. The molecule has 1 aliphatic carbocycles. The zero-order valence-electron chi connectivity index (χ0n) is 8.51. The van der Waals surface area contributed by atoms with Crippen LogP contribution in [0.4, 0.5) is 0 Å². The first kappa shape index (κ1) is 12.4. The van der Waals surface area contributed by atoms with Crippen molar-refractivity contribution >= 4 is 5.97 Å². The Morgan fingerprint density at radius 2 is 1.92 bits per heavy atom. The normalized spacial score (nSPS) is 16.9. The van der Waals surface area contributed by atoms with E-state index < -0.39 is 0 Å². The average Bonchev–Trinajstić information content (AvgIpc) is 2.82. The first-order chi connectivity index (χ1) is 6.08. The van der Waals surface area contributed by atoms with E-state index in [1.165, 1.54) is 6.42 Å². The molecule has 0 radical (unpaired) electrons. The van der Waals surface area contributed by atoms with Crippen LogP contribution in [0, 0.1) is 0 Å². The van der Waals surface area contributed by atoms with Crippen molar-refractivity contribution in [2.24, 2.45) is 11.5 Å². The summed E-state index contributed by atoms with van der Waals surface area (Å²) in [5, 5.41) is 0. The Kier molecular flexibility index (Phi) is 5.66. The zero-order chi connectivity index (χ0) is 10.3. The van der Waals surface area contributed by atoms with Crippen molar-refractivity contribution in [3.05, 3.63) is 0 Å². The van der Waals surface area contributed by atoms with E-state index in [-0.39, 0.29) is 18.1 Å². The molecule has 0 aromatic heterocycles. The second-order valence-corrected chi connectivity index (χ2v) is 3.43. The third-order valence-corrected chi connectivity index (χ3v) is 1.58. The van der Waals surface area contributed by atoms with Gasteiger partial charge in [-0.1, -0.05) is 20.3 Å². The van der Waals surface area contributed by atoms with Crippen LogP contribution in [0.1, 0.15) is 33.1 Å². The van der Waals surface area contributed by atoms with Crippen LogP contribution in [0.15, 0.2) is 0 Å². The lowest BCUT2D eigenvalue weighted by atomic mass is 10.3. The lowest BCUT2D eigenvalue weighted by Gasteiger charge is -2.07. The molecule has 1 aliphatic rings. The average molecular weight is 188 g/mol. The summed E-state index contributed by atoms with van der Waals surface area (Å²) in [7, 11) is 0. The number of rotatable bonds is 3. The topological polar surface area (TPSA) is 78.3 Å². The highest BCUT2D eigenvalue weighted by atomic mass is 16.5. The van der Waals surface area contributed by atoms with Crippen molar-refractivity contribution in [2.75, 3.05) is 13.2 Å². The van der Waals surface area contributed by atoms with E-state index in [1.807, 2.05) is 0 Å². The quantitative estimate of drug-likeness (QED) is 0.628. The summed E-state index contributed by atoms with van der Waals surface area (Å²) in [4.78, 5) is 10.5. The van der Waals surface area contributed by atoms with E-state index >= 15 is 0 Å². The summed E-state index contributed by atoms with van der Waals surface area (Å²) in [6.07, 6.45) is 3.15. The Morgan fingerprint density at radius 1 is 1.46 bits per heavy atom. The molecule has 0 aliphatic heterocycles. The van der Waals surface area contributed by atoms with Crippen LogP contribution < -0.4 is 11.5 Å². The lowest BCUT2D eigenvalue weighted by Crippen LogP contribution is -2.31. The number of hydrogen-bond acceptors (Lipinski definition) is 4. The second-order valence-electron chi connectivity index (χ2n) is 3.43. The van der Waals surface area contributed by atoms with Gasteiger partial charge in [0.1, 0.15) is 6.61 Å².